The molecule has 1 aromatic heterocycles. The third kappa shape index (κ3) is 3.03. The number of ether oxygens (including phenoxy) is 1. The molecule has 2 aromatic rings. The van der Waals surface area contributed by atoms with Gasteiger partial charge in [0, 0.05) is 24.3 Å². The Morgan fingerprint density at radius 2 is 2.36 bits per heavy atom. The zero-order valence-electron chi connectivity index (χ0n) is 12.3. The Labute approximate surface area is 127 Å². The predicted octanol–water partition coefficient (Wildman–Crippen LogP) is 1.57. The van der Waals surface area contributed by atoms with Gasteiger partial charge in [-0.15, -0.1) is 0 Å². The van der Waals surface area contributed by atoms with E-state index in [9.17, 15) is 9.59 Å². The third-order valence-corrected chi connectivity index (χ3v) is 3.83. The highest BCUT2D eigenvalue weighted by molar-refractivity contribution is 6.00. The summed E-state index contributed by atoms with van der Waals surface area (Å²) < 4.78 is 5.18. The average molecular weight is 302 g/mol. The van der Waals surface area contributed by atoms with Crippen LogP contribution >= 0.6 is 0 Å². The minimum atomic E-state index is -0.114. The molecule has 1 fully saturated rings. The van der Waals surface area contributed by atoms with Crippen LogP contribution in [0.25, 0.3) is 10.9 Å². The minimum absolute atomic E-state index is 0.0656. The van der Waals surface area contributed by atoms with Crippen LogP contribution in [0.15, 0.2) is 18.2 Å². The molecule has 3 rings (SSSR count). The summed E-state index contributed by atoms with van der Waals surface area (Å²) >= 11 is 0. The fourth-order valence-electron chi connectivity index (χ4n) is 2.61. The quantitative estimate of drug-likeness (QED) is 0.781. The molecule has 0 saturated carbocycles. The number of hydrogen-bond donors (Lipinski definition) is 3. The number of rotatable bonds is 5. The number of H-pyrrole nitrogens is 1. The summed E-state index contributed by atoms with van der Waals surface area (Å²) in [5, 5.41) is 13.5. The monoisotopic (exact) mass is 302 g/mol. The predicted molar refractivity (Wildman–Crippen MR) is 81.7 cm³/mol. The van der Waals surface area contributed by atoms with Crippen LogP contribution in [0.5, 0.6) is 5.75 Å². The Morgan fingerprint density at radius 3 is 3.09 bits per heavy atom. The molecule has 7 nitrogen and oxygen atoms in total. The van der Waals surface area contributed by atoms with Gasteiger partial charge in [0.1, 0.15) is 5.75 Å². The van der Waals surface area contributed by atoms with Crippen LogP contribution in [0.4, 0.5) is 5.82 Å². The Morgan fingerprint density at radius 1 is 1.50 bits per heavy atom. The van der Waals surface area contributed by atoms with E-state index in [4.69, 9.17) is 4.74 Å². The molecule has 116 valence electrons. The maximum atomic E-state index is 12.0. The van der Waals surface area contributed by atoms with E-state index in [2.05, 4.69) is 20.8 Å². The number of aromatic amines is 1. The highest BCUT2D eigenvalue weighted by Gasteiger charge is 2.21. The van der Waals surface area contributed by atoms with Crippen LogP contribution in [0.1, 0.15) is 25.7 Å². The van der Waals surface area contributed by atoms with Gasteiger partial charge in [-0.05, 0) is 31.0 Å². The van der Waals surface area contributed by atoms with E-state index < -0.39 is 0 Å². The second-order valence-electron chi connectivity index (χ2n) is 5.37. The first kappa shape index (κ1) is 14.4. The molecule has 0 radical (unpaired) electrons. The van der Waals surface area contributed by atoms with Gasteiger partial charge in [-0.1, -0.05) is 0 Å². The SMILES string of the molecule is COc1ccc2[nH]nc(NC(=O)CCC3CCC(=O)N3)c2c1. The molecule has 1 atom stereocenters. The number of methoxy groups -OCH3 is 1. The fourth-order valence-corrected chi connectivity index (χ4v) is 2.61. The van der Waals surface area contributed by atoms with Gasteiger partial charge in [-0.25, -0.2) is 0 Å². The lowest BCUT2D eigenvalue weighted by Gasteiger charge is -2.09. The summed E-state index contributed by atoms with van der Waals surface area (Å²) in [5.74, 6) is 1.15. The molecule has 2 amide bonds. The lowest BCUT2D eigenvalue weighted by Crippen LogP contribution is -2.26. The average Bonchev–Trinajstić information content (AvgIpc) is 3.11. The number of benzene rings is 1. The van der Waals surface area contributed by atoms with Gasteiger partial charge in [-0.3, -0.25) is 14.7 Å². The Bertz CT molecular complexity index is 710. The molecule has 0 aliphatic carbocycles. The van der Waals surface area contributed by atoms with Crippen molar-refractivity contribution in [3.05, 3.63) is 18.2 Å². The Balaban J connectivity index is 1.62. The van der Waals surface area contributed by atoms with Crippen LogP contribution in [0, 0.1) is 0 Å². The minimum Gasteiger partial charge on any atom is -0.497 e. The van der Waals surface area contributed by atoms with E-state index in [0.717, 1.165) is 17.3 Å². The zero-order valence-corrected chi connectivity index (χ0v) is 12.3. The molecule has 1 unspecified atom stereocenters. The largest absolute Gasteiger partial charge is 0.497 e. The summed E-state index contributed by atoms with van der Waals surface area (Å²) in [6.45, 7) is 0. The van der Waals surface area contributed by atoms with E-state index in [1.165, 1.54) is 0 Å². The Kier molecular flexibility index (Phi) is 3.95. The number of nitrogens with zero attached hydrogens (tertiary/aromatic N) is 1. The van der Waals surface area contributed by atoms with Crippen molar-refractivity contribution in [1.82, 2.24) is 15.5 Å². The summed E-state index contributed by atoms with van der Waals surface area (Å²) in [7, 11) is 1.59. The summed E-state index contributed by atoms with van der Waals surface area (Å²) in [5.41, 5.74) is 0.833. The number of anilines is 1. The topological polar surface area (TPSA) is 96.1 Å². The number of carbonyl (C=O) groups excluding carboxylic acids is 2. The number of aromatic nitrogens is 2. The molecule has 0 spiro atoms. The first-order chi connectivity index (χ1) is 10.7. The lowest BCUT2D eigenvalue weighted by molar-refractivity contribution is -0.120. The molecule has 2 heterocycles. The van der Waals surface area contributed by atoms with Gasteiger partial charge < -0.3 is 15.4 Å². The van der Waals surface area contributed by atoms with Crippen molar-refractivity contribution in [1.29, 1.82) is 0 Å². The number of nitrogens with one attached hydrogen (secondary N) is 3. The number of amides is 2. The van der Waals surface area contributed by atoms with Crippen molar-refractivity contribution in [2.45, 2.75) is 31.7 Å². The van der Waals surface area contributed by atoms with Gasteiger partial charge in [0.2, 0.25) is 11.8 Å². The Hall–Kier alpha value is -2.57. The first-order valence-corrected chi connectivity index (χ1v) is 7.27. The van der Waals surface area contributed by atoms with Gasteiger partial charge in [-0.2, -0.15) is 5.10 Å². The third-order valence-electron chi connectivity index (χ3n) is 3.83. The number of carbonyl (C=O) groups is 2. The van der Waals surface area contributed by atoms with Crippen molar-refractivity contribution in [3.63, 3.8) is 0 Å². The van der Waals surface area contributed by atoms with Crippen molar-refractivity contribution < 1.29 is 14.3 Å². The fraction of sp³-hybridized carbons (Fsp3) is 0.400. The van der Waals surface area contributed by atoms with Crippen molar-refractivity contribution in [2.24, 2.45) is 0 Å². The summed E-state index contributed by atoms with van der Waals surface area (Å²) in [6.07, 6.45) is 2.34. The molecule has 1 aliphatic rings. The molecule has 1 aromatic carbocycles. The van der Waals surface area contributed by atoms with Crippen LogP contribution < -0.4 is 15.4 Å². The molecule has 22 heavy (non-hydrogen) atoms. The van der Waals surface area contributed by atoms with E-state index in [-0.39, 0.29) is 17.9 Å². The molecule has 0 bridgehead atoms. The van der Waals surface area contributed by atoms with Crippen molar-refractivity contribution in [2.75, 3.05) is 12.4 Å². The molecular weight excluding hydrogens is 284 g/mol. The smallest absolute Gasteiger partial charge is 0.225 e. The maximum absolute atomic E-state index is 12.0. The van der Waals surface area contributed by atoms with Crippen LogP contribution in [-0.2, 0) is 9.59 Å². The van der Waals surface area contributed by atoms with Crippen molar-refractivity contribution in [3.8, 4) is 5.75 Å². The van der Waals surface area contributed by atoms with E-state index >= 15 is 0 Å². The molecule has 7 heteroatoms. The highest BCUT2D eigenvalue weighted by atomic mass is 16.5. The highest BCUT2D eigenvalue weighted by Crippen LogP contribution is 2.25. The van der Waals surface area contributed by atoms with Gasteiger partial charge >= 0.3 is 0 Å². The first-order valence-electron chi connectivity index (χ1n) is 7.27. The molecule has 3 N–H and O–H groups in total. The second-order valence-corrected chi connectivity index (χ2v) is 5.37. The number of hydrogen-bond acceptors (Lipinski definition) is 4. The molecule has 1 saturated heterocycles. The zero-order chi connectivity index (χ0) is 15.5. The van der Waals surface area contributed by atoms with Gasteiger partial charge in [0.15, 0.2) is 5.82 Å². The second kappa shape index (κ2) is 6.05. The van der Waals surface area contributed by atoms with Crippen LogP contribution in [-0.4, -0.2) is 35.2 Å². The molecule has 1 aliphatic heterocycles. The van der Waals surface area contributed by atoms with Crippen LogP contribution in [0.2, 0.25) is 0 Å². The molecular formula is C15H18N4O3. The van der Waals surface area contributed by atoms with Crippen LogP contribution in [0.3, 0.4) is 0 Å². The maximum Gasteiger partial charge on any atom is 0.225 e. The normalized spacial score (nSPS) is 17.5. The van der Waals surface area contributed by atoms with E-state index in [0.29, 0.717) is 30.8 Å². The standard InChI is InChI=1S/C15H18N4O3/c1-22-10-4-5-12-11(8-10)15(19-18-12)17-14(21)7-3-9-2-6-13(20)16-9/h4-5,8-9H,2-3,6-7H2,1H3,(H,16,20)(H2,17,18,19,21). The summed E-state index contributed by atoms with van der Waals surface area (Å²) in [4.78, 5) is 23.2. The van der Waals surface area contributed by atoms with Gasteiger partial charge in [0.05, 0.1) is 12.6 Å². The van der Waals surface area contributed by atoms with Gasteiger partial charge in [0.25, 0.3) is 0 Å². The van der Waals surface area contributed by atoms with E-state index in [1.54, 1.807) is 7.11 Å². The number of fused-ring (bicyclic) bond motifs is 1. The van der Waals surface area contributed by atoms with Crippen molar-refractivity contribution >= 4 is 28.5 Å². The lowest BCUT2D eigenvalue weighted by atomic mass is 10.1. The summed E-state index contributed by atoms with van der Waals surface area (Å²) in [6, 6.07) is 5.61. The van der Waals surface area contributed by atoms with E-state index in [1.807, 2.05) is 18.2 Å².